The summed E-state index contributed by atoms with van der Waals surface area (Å²) in [6, 6.07) is 5.82. The molecule has 1 heterocycles. The first-order valence-electron chi connectivity index (χ1n) is 3.04. The lowest BCUT2D eigenvalue weighted by Crippen LogP contribution is -1.73. The lowest BCUT2D eigenvalue weighted by molar-refractivity contribution is 1.14. The Balaban J connectivity index is 2.39. The maximum absolute atomic E-state index is 5.16. The summed E-state index contributed by atoms with van der Waals surface area (Å²) in [4.78, 5) is 4.12. The molecule has 2 N–H and O–H groups in total. The minimum absolute atomic E-state index is 0.996. The maximum Gasteiger partial charge on any atom is 0.107 e. The van der Waals surface area contributed by atoms with Crippen molar-refractivity contribution in [1.29, 1.82) is 0 Å². The van der Waals surface area contributed by atoms with E-state index in [9.17, 15) is 0 Å². The third-order valence-electron chi connectivity index (χ3n) is 0.905. The van der Waals surface area contributed by atoms with Crippen LogP contribution in [0.5, 0.6) is 0 Å². The van der Waals surface area contributed by atoms with Gasteiger partial charge in [0.25, 0.3) is 0 Å². The van der Waals surface area contributed by atoms with Gasteiger partial charge in [0.1, 0.15) is 5.03 Å². The third-order valence-corrected chi connectivity index (χ3v) is 2.82. The fourth-order valence-corrected chi connectivity index (χ4v) is 1.91. The second-order valence-electron chi connectivity index (χ2n) is 1.68. The minimum Gasteiger partial charge on any atom is -0.404 e. The minimum atomic E-state index is 0.996. The monoisotopic (exact) mass is 184 g/mol. The molecule has 2 nitrogen and oxygen atoms in total. The molecule has 0 aliphatic carbocycles. The van der Waals surface area contributed by atoms with Crippen LogP contribution in [-0.2, 0) is 0 Å². The first kappa shape index (κ1) is 8.49. The van der Waals surface area contributed by atoms with Gasteiger partial charge in [0.15, 0.2) is 0 Å². The van der Waals surface area contributed by atoms with Crippen LogP contribution in [0.2, 0.25) is 0 Å². The molecule has 1 aromatic heterocycles. The van der Waals surface area contributed by atoms with Gasteiger partial charge in [0.2, 0.25) is 0 Å². The highest BCUT2D eigenvalue weighted by atomic mass is 33.1. The molecular weight excluding hydrogens is 176 g/mol. The standard InChI is InChI=1S/C7H8N2S2/c8-4-6-10-11-7-3-1-2-5-9-7/h1-6H,8H2/b6-4+. The van der Waals surface area contributed by atoms with Crippen molar-refractivity contribution in [1.82, 2.24) is 4.98 Å². The van der Waals surface area contributed by atoms with Crippen LogP contribution >= 0.6 is 21.6 Å². The number of nitrogens with zero attached hydrogens (tertiary/aromatic N) is 1. The predicted octanol–water partition coefficient (Wildman–Crippen LogP) is 2.25. The summed E-state index contributed by atoms with van der Waals surface area (Å²) >= 11 is 0. The van der Waals surface area contributed by atoms with Crippen molar-refractivity contribution >= 4 is 21.6 Å². The van der Waals surface area contributed by atoms with E-state index in [2.05, 4.69) is 4.98 Å². The van der Waals surface area contributed by atoms with Gasteiger partial charge in [-0.3, -0.25) is 0 Å². The Morgan fingerprint density at radius 2 is 2.36 bits per heavy atom. The molecule has 0 fully saturated rings. The molecule has 11 heavy (non-hydrogen) atoms. The van der Waals surface area contributed by atoms with E-state index < -0.39 is 0 Å². The zero-order chi connectivity index (χ0) is 7.94. The summed E-state index contributed by atoms with van der Waals surface area (Å²) in [7, 11) is 3.14. The number of pyridine rings is 1. The molecular formula is C7H8N2S2. The molecule has 0 bridgehead atoms. The van der Waals surface area contributed by atoms with E-state index >= 15 is 0 Å². The Hall–Kier alpha value is -0.610. The van der Waals surface area contributed by atoms with E-state index in [4.69, 9.17) is 5.73 Å². The average Bonchev–Trinajstić information content (AvgIpc) is 2.07. The lowest BCUT2D eigenvalue weighted by atomic mass is 10.5. The topological polar surface area (TPSA) is 38.9 Å². The van der Waals surface area contributed by atoms with E-state index in [-0.39, 0.29) is 0 Å². The summed E-state index contributed by atoms with van der Waals surface area (Å²) < 4.78 is 0. The van der Waals surface area contributed by atoms with Gasteiger partial charge in [0.05, 0.1) is 0 Å². The van der Waals surface area contributed by atoms with Crippen molar-refractivity contribution in [2.24, 2.45) is 5.73 Å². The van der Waals surface area contributed by atoms with Crippen LogP contribution in [0.1, 0.15) is 0 Å². The molecule has 0 aromatic carbocycles. The molecule has 0 aliphatic rings. The van der Waals surface area contributed by atoms with Crippen molar-refractivity contribution < 1.29 is 0 Å². The zero-order valence-electron chi connectivity index (χ0n) is 5.81. The highest BCUT2D eigenvalue weighted by Gasteiger charge is 1.89. The fourth-order valence-electron chi connectivity index (χ4n) is 0.506. The van der Waals surface area contributed by atoms with Crippen LogP contribution in [0.25, 0.3) is 0 Å². The molecule has 0 saturated carbocycles. The van der Waals surface area contributed by atoms with Crippen LogP contribution in [0.15, 0.2) is 41.0 Å². The van der Waals surface area contributed by atoms with Crippen molar-refractivity contribution in [3.05, 3.63) is 36.0 Å². The molecule has 0 spiro atoms. The first-order chi connectivity index (χ1) is 5.43. The van der Waals surface area contributed by atoms with Crippen LogP contribution in [0.3, 0.4) is 0 Å². The Labute approximate surface area is 73.7 Å². The Bertz CT molecular complexity index is 223. The Morgan fingerprint density at radius 1 is 1.45 bits per heavy atom. The van der Waals surface area contributed by atoms with Gasteiger partial charge in [-0.15, -0.1) is 0 Å². The third kappa shape index (κ3) is 3.34. The van der Waals surface area contributed by atoms with Gasteiger partial charge in [-0.05, 0) is 28.3 Å². The molecule has 0 aliphatic heterocycles. The van der Waals surface area contributed by atoms with Crippen molar-refractivity contribution in [2.45, 2.75) is 5.03 Å². The summed E-state index contributed by atoms with van der Waals surface area (Å²) in [6.45, 7) is 0. The highest BCUT2D eigenvalue weighted by molar-refractivity contribution is 8.77. The quantitative estimate of drug-likeness (QED) is 0.731. The molecule has 0 unspecified atom stereocenters. The summed E-state index contributed by atoms with van der Waals surface area (Å²) in [5.74, 6) is 0. The number of hydrogen-bond donors (Lipinski definition) is 1. The SMILES string of the molecule is N/C=C/SSc1ccccn1. The number of aromatic nitrogens is 1. The molecule has 0 radical (unpaired) electrons. The maximum atomic E-state index is 5.16. The molecule has 58 valence electrons. The van der Waals surface area contributed by atoms with E-state index in [0.717, 1.165) is 5.03 Å². The van der Waals surface area contributed by atoms with Crippen LogP contribution in [0, 0.1) is 0 Å². The van der Waals surface area contributed by atoms with Gasteiger partial charge in [0, 0.05) is 12.4 Å². The van der Waals surface area contributed by atoms with Crippen LogP contribution in [-0.4, -0.2) is 4.98 Å². The number of hydrogen-bond acceptors (Lipinski definition) is 4. The predicted molar refractivity (Wildman–Crippen MR) is 51.0 cm³/mol. The van der Waals surface area contributed by atoms with Crippen LogP contribution < -0.4 is 5.73 Å². The average molecular weight is 184 g/mol. The first-order valence-corrected chi connectivity index (χ1v) is 5.26. The normalized spacial score (nSPS) is 10.5. The van der Waals surface area contributed by atoms with E-state index in [1.54, 1.807) is 27.8 Å². The Kier molecular flexibility index (Phi) is 3.93. The smallest absolute Gasteiger partial charge is 0.107 e. The fraction of sp³-hybridized carbons (Fsp3) is 0. The summed E-state index contributed by atoms with van der Waals surface area (Å²) in [5, 5.41) is 2.81. The number of rotatable bonds is 3. The largest absolute Gasteiger partial charge is 0.404 e. The molecule has 1 rings (SSSR count). The summed E-state index contributed by atoms with van der Waals surface area (Å²) in [5.41, 5.74) is 5.16. The van der Waals surface area contributed by atoms with Gasteiger partial charge in [-0.2, -0.15) is 0 Å². The molecule has 4 heteroatoms. The van der Waals surface area contributed by atoms with Gasteiger partial charge in [-0.1, -0.05) is 16.9 Å². The lowest BCUT2D eigenvalue weighted by Gasteiger charge is -1.92. The van der Waals surface area contributed by atoms with Gasteiger partial charge < -0.3 is 5.73 Å². The molecule has 0 amide bonds. The highest BCUT2D eigenvalue weighted by Crippen LogP contribution is 2.29. The van der Waals surface area contributed by atoms with E-state index in [0.29, 0.717) is 0 Å². The molecule has 1 aromatic rings. The zero-order valence-corrected chi connectivity index (χ0v) is 7.44. The van der Waals surface area contributed by atoms with Crippen molar-refractivity contribution in [2.75, 3.05) is 0 Å². The van der Waals surface area contributed by atoms with E-state index in [1.165, 1.54) is 6.20 Å². The van der Waals surface area contributed by atoms with Crippen molar-refractivity contribution in [3.8, 4) is 0 Å². The molecule has 0 atom stereocenters. The van der Waals surface area contributed by atoms with Gasteiger partial charge in [-0.25, -0.2) is 4.98 Å². The van der Waals surface area contributed by atoms with Crippen molar-refractivity contribution in [3.63, 3.8) is 0 Å². The molecule has 0 saturated heterocycles. The summed E-state index contributed by atoms with van der Waals surface area (Å²) in [6.07, 6.45) is 3.29. The Morgan fingerprint density at radius 3 is 3.00 bits per heavy atom. The van der Waals surface area contributed by atoms with Crippen LogP contribution in [0.4, 0.5) is 0 Å². The second-order valence-corrected chi connectivity index (χ2v) is 3.80. The number of nitrogens with two attached hydrogens (primary N) is 1. The van der Waals surface area contributed by atoms with E-state index in [1.807, 2.05) is 23.6 Å². The van der Waals surface area contributed by atoms with Gasteiger partial charge >= 0.3 is 0 Å². The second kappa shape index (κ2) is 5.09.